The Morgan fingerprint density at radius 3 is 2.44 bits per heavy atom. The first kappa shape index (κ1) is 27.4. The van der Waals surface area contributed by atoms with E-state index in [1.54, 1.807) is 37.3 Å². The molecule has 204 valence electrons. The van der Waals surface area contributed by atoms with E-state index in [0.29, 0.717) is 22.4 Å². The summed E-state index contributed by atoms with van der Waals surface area (Å²) in [4.78, 5) is 19.0. The molecule has 1 unspecified atom stereocenters. The van der Waals surface area contributed by atoms with Crippen LogP contribution in [0.2, 0.25) is 0 Å². The molecule has 2 aromatic heterocycles. The third kappa shape index (κ3) is 6.26. The van der Waals surface area contributed by atoms with E-state index in [4.69, 9.17) is 26.0 Å². The van der Waals surface area contributed by atoms with Crippen LogP contribution in [0.1, 0.15) is 22.8 Å². The molecule has 0 aliphatic rings. The molecule has 2 heterocycles. The molecule has 13 heteroatoms. The number of carboxylic acid groups (broad SMARTS) is 1. The number of rotatable bonds is 9. The van der Waals surface area contributed by atoms with Gasteiger partial charge in [0.2, 0.25) is 17.9 Å². The number of alkyl halides is 3. The molecular formula is C26H25F3N6O4. The van der Waals surface area contributed by atoms with Crippen LogP contribution >= 0.6 is 0 Å². The number of methoxy groups -OCH3 is 1. The van der Waals surface area contributed by atoms with Crippen molar-refractivity contribution in [1.29, 1.82) is 0 Å². The number of nitrogen functional groups attached to an aromatic ring is 1. The number of halogens is 3. The quantitative estimate of drug-likeness (QED) is 0.244. The number of aryl methyl sites for hydroxylation is 1. The summed E-state index contributed by atoms with van der Waals surface area (Å²) in [5.41, 5.74) is 13.8. The Morgan fingerprint density at radius 2 is 1.85 bits per heavy atom. The summed E-state index contributed by atoms with van der Waals surface area (Å²) in [6, 6.07) is 11.0. The largest absolute Gasteiger partial charge is 0.497 e. The van der Waals surface area contributed by atoms with Crippen LogP contribution in [0.15, 0.2) is 54.7 Å². The van der Waals surface area contributed by atoms with Gasteiger partial charge in [-0.05, 0) is 42.7 Å². The summed E-state index contributed by atoms with van der Waals surface area (Å²) < 4.78 is 54.0. The van der Waals surface area contributed by atoms with Crippen LogP contribution in [0.4, 0.5) is 19.1 Å². The second-order valence-electron chi connectivity index (χ2n) is 8.72. The number of hydrogen-bond acceptors (Lipinski definition) is 8. The first-order valence-corrected chi connectivity index (χ1v) is 11.6. The number of benzene rings is 2. The van der Waals surface area contributed by atoms with Gasteiger partial charge in [0.05, 0.1) is 24.7 Å². The number of aromatic nitrogens is 4. The minimum Gasteiger partial charge on any atom is -0.497 e. The highest BCUT2D eigenvalue weighted by Gasteiger charge is 2.45. The van der Waals surface area contributed by atoms with Gasteiger partial charge in [-0.1, -0.05) is 24.3 Å². The molecule has 0 radical (unpaired) electrons. The molecule has 2 atom stereocenters. The monoisotopic (exact) mass is 542 g/mol. The molecule has 0 aliphatic heterocycles. The molecule has 0 saturated carbocycles. The lowest BCUT2D eigenvalue weighted by Gasteiger charge is -2.24. The van der Waals surface area contributed by atoms with Gasteiger partial charge >= 0.3 is 12.1 Å². The first-order valence-electron chi connectivity index (χ1n) is 11.6. The van der Waals surface area contributed by atoms with Crippen molar-refractivity contribution in [3.63, 3.8) is 0 Å². The van der Waals surface area contributed by atoms with E-state index in [0.717, 1.165) is 0 Å². The Labute approximate surface area is 220 Å². The fourth-order valence-electron chi connectivity index (χ4n) is 3.96. The minimum atomic E-state index is -4.85. The molecular weight excluding hydrogens is 517 g/mol. The molecule has 6 N–H and O–H groups in total. The van der Waals surface area contributed by atoms with Crippen molar-refractivity contribution in [2.45, 2.75) is 31.7 Å². The zero-order valence-corrected chi connectivity index (χ0v) is 20.9. The number of carbonyl (C=O) groups is 1. The molecule has 39 heavy (non-hydrogen) atoms. The molecule has 4 aromatic rings. The number of anilines is 1. The number of aromatic amines is 1. The van der Waals surface area contributed by atoms with E-state index in [1.165, 1.54) is 31.5 Å². The Hall–Kier alpha value is -4.65. The third-order valence-corrected chi connectivity index (χ3v) is 5.92. The summed E-state index contributed by atoms with van der Waals surface area (Å²) in [5.74, 6) is -1.62. The van der Waals surface area contributed by atoms with E-state index in [9.17, 15) is 18.0 Å². The topological polar surface area (TPSA) is 162 Å². The van der Waals surface area contributed by atoms with Gasteiger partial charge in [-0.25, -0.2) is 4.98 Å². The fraction of sp³-hybridized carbons (Fsp3) is 0.231. The molecule has 0 saturated heterocycles. The van der Waals surface area contributed by atoms with Crippen LogP contribution in [0.25, 0.3) is 22.5 Å². The van der Waals surface area contributed by atoms with Gasteiger partial charge in [0.1, 0.15) is 11.8 Å². The van der Waals surface area contributed by atoms with Crippen molar-refractivity contribution in [2.24, 2.45) is 5.73 Å². The van der Waals surface area contributed by atoms with E-state index in [1.807, 2.05) is 0 Å². The van der Waals surface area contributed by atoms with Crippen molar-refractivity contribution in [3.8, 4) is 34.1 Å². The van der Waals surface area contributed by atoms with Gasteiger partial charge in [-0.3, -0.25) is 9.89 Å². The van der Waals surface area contributed by atoms with Gasteiger partial charge in [0.25, 0.3) is 0 Å². The second-order valence-corrected chi connectivity index (χ2v) is 8.72. The molecule has 0 spiro atoms. The standard InChI is InChI=1S/C26H25F3N6O4/c1-13-12-32-35-22(13)17-8-7-16(38-2)10-18(17)23(26(27,28)29)39-21-11-20(33-25(31)34-21)15-5-3-14(4-6-15)9-19(30)24(36)37/h3-8,10-12,19,23H,9,30H2,1-2H3,(H,32,35)(H,36,37)(H2,31,33,34)/t19-,23?/m0/s1. The van der Waals surface area contributed by atoms with E-state index in [2.05, 4.69) is 20.2 Å². The fourth-order valence-corrected chi connectivity index (χ4v) is 3.96. The molecule has 0 fully saturated rings. The molecule has 4 rings (SSSR count). The SMILES string of the molecule is COc1ccc(-c2[nH]ncc2C)c(C(Oc2cc(-c3ccc(C[C@H](N)C(=O)O)cc3)nc(N)n2)C(F)(F)F)c1. The van der Waals surface area contributed by atoms with Gasteiger partial charge in [0.15, 0.2) is 0 Å². The maximum Gasteiger partial charge on any atom is 0.429 e. The highest BCUT2D eigenvalue weighted by molar-refractivity contribution is 5.73. The summed E-state index contributed by atoms with van der Waals surface area (Å²) >= 11 is 0. The summed E-state index contributed by atoms with van der Waals surface area (Å²) in [6.07, 6.45) is -5.68. The maximum absolute atomic E-state index is 14.5. The van der Waals surface area contributed by atoms with Crippen LogP contribution in [0.3, 0.4) is 0 Å². The number of H-pyrrole nitrogens is 1. The van der Waals surface area contributed by atoms with Crippen molar-refractivity contribution in [1.82, 2.24) is 20.2 Å². The van der Waals surface area contributed by atoms with Gasteiger partial charge < -0.3 is 26.0 Å². The lowest BCUT2D eigenvalue weighted by atomic mass is 9.97. The average molecular weight is 543 g/mol. The van der Waals surface area contributed by atoms with E-state index >= 15 is 0 Å². The Morgan fingerprint density at radius 1 is 1.13 bits per heavy atom. The predicted octanol–water partition coefficient (Wildman–Crippen LogP) is 4.07. The summed E-state index contributed by atoms with van der Waals surface area (Å²) in [7, 11) is 1.35. The van der Waals surface area contributed by atoms with E-state index < -0.39 is 30.2 Å². The van der Waals surface area contributed by atoms with Crippen molar-refractivity contribution in [3.05, 3.63) is 71.4 Å². The summed E-state index contributed by atoms with van der Waals surface area (Å²) in [5, 5.41) is 15.7. The first-order chi connectivity index (χ1) is 18.5. The number of ether oxygens (including phenoxy) is 2. The maximum atomic E-state index is 14.5. The molecule has 10 nitrogen and oxygen atoms in total. The van der Waals surface area contributed by atoms with Gasteiger partial charge in [-0.15, -0.1) is 0 Å². The Bertz CT molecular complexity index is 1470. The molecule has 0 aliphatic carbocycles. The normalized spacial score (nSPS) is 13.1. The van der Waals surface area contributed by atoms with Crippen LogP contribution in [-0.2, 0) is 11.2 Å². The van der Waals surface area contributed by atoms with Crippen LogP contribution < -0.4 is 20.9 Å². The summed E-state index contributed by atoms with van der Waals surface area (Å²) in [6.45, 7) is 1.72. The predicted molar refractivity (Wildman–Crippen MR) is 136 cm³/mol. The van der Waals surface area contributed by atoms with Crippen molar-refractivity contribution < 1.29 is 32.5 Å². The Kier molecular flexibility index (Phi) is 7.72. The molecule has 2 aromatic carbocycles. The van der Waals surface area contributed by atoms with Crippen LogP contribution in [0, 0.1) is 6.92 Å². The number of carboxylic acids is 1. The second kappa shape index (κ2) is 11.0. The smallest absolute Gasteiger partial charge is 0.429 e. The average Bonchev–Trinajstić information content (AvgIpc) is 3.31. The number of nitrogens with two attached hydrogens (primary N) is 2. The number of nitrogens with zero attached hydrogens (tertiary/aromatic N) is 3. The number of aliphatic carboxylic acids is 1. The highest BCUT2D eigenvalue weighted by Crippen LogP contribution is 2.42. The highest BCUT2D eigenvalue weighted by atomic mass is 19.4. The van der Waals surface area contributed by atoms with Crippen LogP contribution in [0.5, 0.6) is 11.6 Å². The molecule has 0 amide bonds. The lowest BCUT2D eigenvalue weighted by Crippen LogP contribution is -2.32. The van der Waals surface area contributed by atoms with Crippen LogP contribution in [-0.4, -0.2) is 50.6 Å². The van der Waals surface area contributed by atoms with Gasteiger partial charge in [0, 0.05) is 22.8 Å². The molecule has 0 bridgehead atoms. The Balaban J connectivity index is 1.71. The van der Waals surface area contributed by atoms with E-state index in [-0.39, 0.29) is 34.9 Å². The third-order valence-electron chi connectivity index (χ3n) is 5.92. The minimum absolute atomic E-state index is 0.0990. The van der Waals surface area contributed by atoms with Gasteiger partial charge in [-0.2, -0.15) is 23.3 Å². The van der Waals surface area contributed by atoms with Crippen molar-refractivity contribution >= 4 is 11.9 Å². The zero-order chi connectivity index (χ0) is 28.3. The van der Waals surface area contributed by atoms with Crippen molar-refractivity contribution in [2.75, 3.05) is 12.8 Å². The number of nitrogens with one attached hydrogen (secondary N) is 1. The zero-order valence-electron chi connectivity index (χ0n) is 20.9. The number of hydrogen-bond donors (Lipinski definition) is 4. The lowest BCUT2D eigenvalue weighted by molar-refractivity contribution is -0.198.